The zero-order valence-corrected chi connectivity index (χ0v) is 15.5. The quantitative estimate of drug-likeness (QED) is 0.257. The highest BCUT2D eigenvalue weighted by molar-refractivity contribution is 5.89. The monoisotopic (exact) mass is 373 g/mol. The van der Waals surface area contributed by atoms with Crippen molar-refractivity contribution in [2.24, 2.45) is 16.5 Å². The van der Waals surface area contributed by atoms with Crippen molar-refractivity contribution in [2.45, 2.75) is 31.3 Å². The van der Waals surface area contributed by atoms with Crippen molar-refractivity contribution in [3.8, 4) is 0 Å². The number of carbonyl (C=O) groups is 2. The lowest BCUT2D eigenvalue weighted by Crippen LogP contribution is -2.69. The minimum Gasteiger partial charge on any atom is -0.370 e. The van der Waals surface area contributed by atoms with Crippen LogP contribution in [0.4, 0.5) is 0 Å². The number of hydrogen-bond donors (Lipinski definition) is 4. The number of aliphatic imine (C=N–C) groups is 1. The van der Waals surface area contributed by atoms with E-state index in [0.29, 0.717) is 32.5 Å². The lowest BCUT2D eigenvalue weighted by molar-refractivity contribution is -0.405. The van der Waals surface area contributed by atoms with E-state index in [1.54, 1.807) is 17.1 Å². The molecule has 2 atom stereocenters. The molecule has 1 aliphatic heterocycles. The highest BCUT2D eigenvalue weighted by Gasteiger charge is 2.37. The second kappa shape index (κ2) is 10.3. The fraction of sp³-hybridized carbons (Fsp3) is 0.421. The largest absolute Gasteiger partial charge is 0.370 e. The number of benzene rings is 1. The summed E-state index contributed by atoms with van der Waals surface area (Å²) in [5.41, 5.74) is 15.6. The van der Waals surface area contributed by atoms with Crippen LogP contribution in [0.5, 0.6) is 0 Å². The molecule has 1 aromatic rings. The molecule has 8 nitrogen and oxygen atoms in total. The van der Waals surface area contributed by atoms with Crippen LogP contribution in [0.1, 0.15) is 18.4 Å². The summed E-state index contributed by atoms with van der Waals surface area (Å²) >= 11 is 0. The van der Waals surface area contributed by atoms with Crippen LogP contribution in [-0.2, 0) is 16.0 Å². The number of nitrogens with two attached hydrogens (primary N) is 2. The van der Waals surface area contributed by atoms with Gasteiger partial charge in [0.2, 0.25) is 5.91 Å². The van der Waals surface area contributed by atoms with Crippen molar-refractivity contribution >= 4 is 17.8 Å². The number of guanidine groups is 1. The number of carbonyl (C=O) groups excluding carboxylic acids is 2. The van der Waals surface area contributed by atoms with Gasteiger partial charge in [0.1, 0.15) is 6.04 Å². The predicted molar refractivity (Wildman–Crippen MR) is 104 cm³/mol. The number of amides is 2. The van der Waals surface area contributed by atoms with Gasteiger partial charge < -0.3 is 27.4 Å². The molecule has 1 heterocycles. The summed E-state index contributed by atoms with van der Waals surface area (Å²) in [7, 11) is 0. The van der Waals surface area contributed by atoms with Crippen molar-refractivity contribution in [2.75, 3.05) is 19.6 Å². The third-order valence-corrected chi connectivity index (χ3v) is 4.45. The van der Waals surface area contributed by atoms with Crippen LogP contribution in [0, 0.1) is 0 Å². The highest BCUT2D eigenvalue weighted by atomic mass is 16.2. The Morgan fingerprint density at radius 3 is 2.74 bits per heavy atom. The summed E-state index contributed by atoms with van der Waals surface area (Å²) in [6.45, 7) is 1.34. The molecular formula is C19H29N6O2+. The Morgan fingerprint density at radius 1 is 1.30 bits per heavy atom. The molecule has 0 aromatic heterocycles. The van der Waals surface area contributed by atoms with E-state index in [1.807, 2.05) is 30.3 Å². The molecule has 0 radical (unpaired) electrons. The summed E-state index contributed by atoms with van der Waals surface area (Å²) < 4.78 is 0. The summed E-state index contributed by atoms with van der Waals surface area (Å²) in [6.07, 6.45) is 5.61. The molecule has 27 heavy (non-hydrogen) atoms. The molecule has 2 rings (SSSR count). The number of rotatable bonds is 8. The minimum atomic E-state index is -0.427. The first kappa shape index (κ1) is 20.4. The molecule has 1 aromatic carbocycles. The zero-order valence-electron chi connectivity index (χ0n) is 15.5. The molecule has 1 saturated heterocycles. The smallest absolute Gasteiger partial charge is 0.281 e. The van der Waals surface area contributed by atoms with Gasteiger partial charge >= 0.3 is 0 Å². The van der Waals surface area contributed by atoms with E-state index in [9.17, 15) is 9.59 Å². The predicted octanol–water partition coefficient (Wildman–Crippen LogP) is -1.22. The Morgan fingerprint density at radius 2 is 2.04 bits per heavy atom. The Balaban J connectivity index is 1.85. The number of hydrogen-bond acceptors (Lipinski definition) is 3. The maximum absolute atomic E-state index is 12.8. The Hall–Kier alpha value is -2.87. The summed E-state index contributed by atoms with van der Waals surface area (Å²) in [5, 5.41) is 2.84. The normalized spacial score (nSPS) is 17.7. The Kier molecular flexibility index (Phi) is 7.81. The van der Waals surface area contributed by atoms with E-state index in [-0.39, 0.29) is 17.8 Å². The standard InChI is InChI=1S/C19H28N6O2/c20-15(13-14-7-2-1-3-8-14)18(27)25-12-6-9-16(25)17(26)23-10-4-5-11-24-19(21)22/h1-5,7-8,15-16H,6,9-13,20H2,(H,23,26)(H4,21,22,24)/p+1. The highest BCUT2D eigenvalue weighted by Crippen LogP contribution is 2.18. The molecule has 0 spiro atoms. The molecule has 0 aliphatic carbocycles. The van der Waals surface area contributed by atoms with Gasteiger partial charge in [0, 0.05) is 19.5 Å². The molecule has 1 aliphatic rings. The van der Waals surface area contributed by atoms with Gasteiger partial charge in [-0.25, -0.2) is 4.99 Å². The third-order valence-electron chi connectivity index (χ3n) is 4.45. The molecule has 2 unspecified atom stereocenters. The van der Waals surface area contributed by atoms with E-state index in [2.05, 4.69) is 16.0 Å². The summed E-state index contributed by atoms with van der Waals surface area (Å²) in [6, 6.07) is 8.96. The lowest BCUT2D eigenvalue weighted by atomic mass is 10.1. The number of likely N-dealkylation sites (tertiary alicyclic amines) is 1. The average Bonchev–Trinajstić information content (AvgIpc) is 3.14. The number of nitrogens with one attached hydrogen (secondary N) is 1. The molecule has 0 saturated carbocycles. The van der Waals surface area contributed by atoms with E-state index >= 15 is 0 Å². The Bertz CT molecular complexity index is 685. The topological polar surface area (TPSA) is 141 Å². The number of nitrogens with zero attached hydrogens (tertiary/aromatic N) is 2. The maximum atomic E-state index is 12.8. The second-order valence-electron chi connectivity index (χ2n) is 6.56. The van der Waals surface area contributed by atoms with Crippen LogP contribution in [0.3, 0.4) is 0 Å². The van der Waals surface area contributed by atoms with Gasteiger partial charge in [-0.15, -0.1) is 0 Å². The summed E-state index contributed by atoms with van der Waals surface area (Å²) in [4.78, 5) is 30.7. The zero-order chi connectivity index (χ0) is 19.6. The lowest BCUT2D eigenvalue weighted by Gasteiger charge is -2.25. The first-order valence-corrected chi connectivity index (χ1v) is 9.14. The van der Waals surface area contributed by atoms with Gasteiger partial charge in [-0.3, -0.25) is 9.59 Å². The fourth-order valence-electron chi connectivity index (χ4n) is 3.12. The van der Waals surface area contributed by atoms with Crippen molar-refractivity contribution in [1.82, 2.24) is 10.2 Å². The van der Waals surface area contributed by atoms with Gasteiger partial charge in [-0.1, -0.05) is 42.5 Å². The molecule has 0 bridgehead atoms. The third kappa shape index (κ3) is 6.41. The van der Waals surface area contributed by atoms with Crippen LogP contribution in [-0.4, -0.2) is 54.4 Å². The SMILES string of the molecule is NC(N)=NCC=CCNC(=O)C1CCCN1C(=O)C([NH3+])Cc1ccccc1. The first-order valence-electron chi connectivity index (χ1n) is 9.14. The van der Waals surface area contributed by atoms with Gasteiger partial charge in [-0.05, 0) is 18.4 Å². The van der Waals surface area contributed by atoms with Crippen molar-refractivity contribution < 1.29 is 15.3 Å². The van der Waals surface area contributed by atoms with Crippen molar-refractivity contribution in [3.05, 3.63) is 48.0 Å². The second-order valence-corrected chi connectivity index (χ2v) is 6.56. The average molecular weight is 373 g/mol. The van der Waals surface area contributed by atoms with Gasteiger partial charge in [0.25, 0.3) is 5.91 Å². The minimum absolute atomic E-state index is 0.0297. The molecule has 8 heteroatoms. The van der Waals surface area contributed by atoms with Crippen LogP contribution in [0.15, 0.2) is 47.5 Å². The van der Waals surface area contributed by atoms with Crippen LogP contribution >= 0.6 is 0 Å². The van der Waals surface area contributed by atoms with Crippen molar-refractivity contribution in [1.29, 1.82) is 0 Å². The summed E-state index contributed by atoms with van der Waals surface area (Å²) in [5.74, 6) is -0.180. The van der Waals surface area contributed by atoms with Crippen LogP contribution in [0.2, 0.25) is 0 Å². The molecule has 2 amide bonds. The van der Waals surface area contributed by atoms with E-state index in [0.717, 1.165) is 12.0 Å². The van der Waals surface area contributed by atoms with Gasteiger partial charge in [-0.2, -0.15) is 0 Å². The maximum Gasteiger partial charge on any atom is 0.281 e. The van der Waals surface area contributed by atoms with Crippen LogP contribution < -0.4 is 22.5 Å². The fourth-order valence-corrected chi connectivity index (χ4v) is 3.12. The van der Waals surface area contributed by atoms with E-state index in [1.165, 1.54) is 0 Å². The molecule has 146 valence electrons. The van der Waals surface area contributed by atoms with E-state index in [4.69, 9.17) is 11.5 Å². The van der Waals surface area contributed by atoms with Crippen LogP contribution in [0.25, 0.3) is 0 Å². The van der Waals surface area contributed by atoms with E-state index < -0.39 is 12.1 Å². The van der Waals surface area contributed by atoms with Gasteiger partial charge in [0.15, 0.2) is 12.0 Å². The Labute approximate surface area is 159 Å². The van der Waals surface area contributed by atoms with Crippen molar-refractivity contribution in [3.63, 3.8) is 0 Å². The van der Waals surface area contributed by atoms with Gasteiger partial charge in [0.05, 0.1) is 6.54 Å². The molecular weight excluding hydrogens is 344 g/mol. The molecule has 8 N–H and O–H groups in total. The number of quaternary nitrogens is 1. The first-order chi connectivity index (χ1) is 13.0. The molecule has 1 fully saturated rings.